The first kappa shape index (κ1) is 32.6. The van der Waals surface area contributed by atoms with Gasteiger partial charge in [0.15, 0.2) is 0 Å². The van der Waals surface area contributed by atoms with Crippen molar-refractivity contribution >= 4 is 23.4 Å². The van der Waals surface area contributed by atoms with Gasteiger partial charge in [-0.05, 0) is 71.1 Å². The van der Waals surface area contributed by atoms with E-state index in [1.807, 2.05) is 73.7 Å². The van der Waals surface area contributed by atoms with Gasteiger partial charge < -0.3 is 15.8 Å². The Morgan fingerprint density at radius 1 is 0.848 bits per heavy atom. The first-order chi connectivity index (χ1) is 22.4. The molecule has 0 bridgehead atoms. The van der Waals surface area contributed by atoms with Gasteiger partial charge in [-0.3, -0.25) is 14.9 Å². The van der Waals surface area contributed by atoms with Crippen LogP contribution in [-0.2, 0) is 17.9 Å². The van der Waals surface area contributed by atoms with Gasteiger partial charge in [-0.15, -0.1) is 0 Å². The van der Waals surface area contributed by atoms with Gasteiger partial charge in [-0.2, -0.15) is 0 Å². The summed E-state index contributed by atoms with van der Waals surface area (Å²) < 4.78 is 20.6. The summed E-state index contributed by atoms with van der Waals surface area (Å²) in [6, 6.07) is 33.6. The van der Waals surface area contributed by atoms with Crippen LogP contribution in [-0.4, -0.2) is 17.9 Å². The summed E-state index contributed by atoms with van der Waals surface area (Å²) in [5.41, 5.74) is 10.5. The van der Waals surface area contributed by atoms with E-state index in [-0.39, 0.29) is 17.9 Å². The minimum absolute atomic E-state index is 0.146. The summed E-state index contributed by atoms with van der Waals surface area (Å²) in [6.45, 7) is 2.44. The maximum Gasteiger partial charge on any atom is 0.258 e. The van der Waals surface area contributed by atoms with Crippen molar-refractivity contribution in [2.45, 2.75) is 38.9 Å². The molecule has 1 atom stereocenters. The van der Waals surface area contributed by atoms with Gasteiger partial charge in [0, 0.05) is 40.9 Å². The third-order valence-electron chi connectivity index (χ3n) is 7.59. The van der Waals surface area contributed by atoms with Gasteiger partial charge in [-0.1, -0.05) is 91.7 Å². The van der Waals surface area contributed by atoms with Crippen molar-refractivity contribution in [3.05, 3.63) is 143 Å². The molecule has 0 saturated carbocycles. The van der Waals surface area contributed by atoms with Crippen LogP contribution in [0.15, 0.2) is 115 Å². The Hall–Kier alpha value is -4.82. The zero-order valence-corrected chi connectivity index (χ0v) is 26.2. The predicted molar refractivity (Wildman–Crippen MR) is 181 cm³/mol. The normalized spacial score (nSPS) is 11.6. The highest BCUT2D eigenvalue weighted by Gasteiger charge is 2.24. The molecule has 0 aliphatic carbocycles. The van der Waals surface area contributed by atoms with Crippen molar-refractivity contribution in [3.63, 3.8) is 0 Å². The molecule has 4 N–H and O–H groups in total. The van der Waals surface area contributed by atoms with E-state index in [0.29, 0.717) is 52.6 Å². The van der Waals surface area contributed by atoms with Crippen molar-refractivity contribution in [2.75, 3.05) is 0 Å². The van der Waals surface area contributed by atoms with Gasteiger partial charge in [-0.25, -0.2) is 4.39 Å². The number of hydrogen-bond donors (Lipinski definition) is 3. The number of nitrogens with one attached hydrogen (secondary N) is 2. The lowest BCUT2D eigenvalue weighted by molar-refractivity contribution is -0.122. The van der Waals surface area contributed by atoms with E-state index in [0.717, 1.165) is 16.7 Å². The summed E-state index contributed by atoms with van der Waals surface area (Å²) in [7, 11) is 0. The van der Waals surface area contributed by atoms with Gasteiger partial charge >= 0.3 is 0 Å². The molecule has 0 heterocycles. The second-order valence-corrected chi connectivity index (χ2v) is 11.3. The molecule has 0 fully saturated rings. The van der Waals surface area contributed by atoms with Crippen molar-refractivity contribution in [3.8, 4) is 33.8 Å². The van der Waals surface area contributed by atoms with Gasteiger partial charge in [0.1, 0.15) is 17.3 Å². The van der Waals surface area contributed by atoms with Gasteiger partial charge in [0.05, 0.1) is 6.04 Å². The second kappa shape index (κ2) is 15.5. The Morgan fingerprint density at radius 2 is 1.63 bits per heavy atom. The molecule has 2 amide bonds. The van der Waals surface area contributed by atoms with Crippen LogP contribution in [0.5, 0.6) is 11.5 Å². The van der Waals surface area contributed by atoms with E-state index in [2.05, 4.69) is 10.6 Å². The van der Waals surface area contributed by atoms with E-state index < -0.39 is 17.9 Å². The topological polar surface area (TPSA) is 93.5 Å². The van der Waals surface area contributed by atoms with E-state index in [4.69, 9.17) is 22.1 Å². The average molecular weight is 636 g/mol. The largest absolute Gasteiger partial charge is 0.457 e. The molecular formula is C38H35ClFN3O3. The van der Waals surface area contributed by atoms with Crippen molar-refractivity contribution < 1.29 is 18.7 Å². The standard InChI is InChI=1S/C38H35ClFN3O3/c1-2-9-35(42-24-28-13-6-7-15-34(28)40)38(45)43-37(44)32-18-16-27(26-11-4-3-5-12-26)21-33(32)31-19-17-29(39)22-36(31)46-30-14-8-10-25(20-30)23-41/h3-8,10-22,35,42H,2,9,23-24,41H2,1H3,(H,43,44,45). The molecule has 8 heteroatoms. The Labute approximate surface area is 273 Å². The van der Waals surface area contributed by atoms with Crippen molar-refractivity contribution in [1.82, 2.24) is 10.6 Å². The fourth-order valence-electron chi connectivity index (χ4n) is 5.20. The molecule has 0 aliphatic heterocycles. The number of nitrogens with two attached hydrogens (primary N) is 1. The number of amides is 2. The van der Waals surface area contributed by atoms with Crippen LogP contribution in [0, 0.1) is 5.82 Å². The van der Waals surface area contributed by atoms with Crippen LogP contribution < -0.4 is 21.1 Å². The molecule has 0 aromatic heterocycles. The molecule has 0 saturated heterocycles. The molecule has 0 radical (unpaired) electrons. The zero-order chi connectivity index (χ0) is 32.5. The first-order valence-corrected chi connectivity index (χ1v) is 15.5. The Kier molecular flexibility index (Phi) is 10.9. The van der Waals surface area contributed by atoms with E-state index in [9.17, 15) is 14.0 Å². The zero-order valence-electron chi connectivity index (χ0n) is 25.4. The van der Waals surface area contributed by atoms with Crippen LogP contribution in [0.3, 0.4) is 0 Å². The minimum Gasteiger partial charge on any atom is -0.457 e. The second-order valence-electron chi connectivity index (χ2n) is 10.9. The summed E-state index contributed by atoms with van der Waals surface area (Å²) in [6.07, 6.45) is 1.15. The first-order valence-electron chi connectivity index (χ1n) is 15.1. The van der Waals surface area contributed by atoms with Gasteiger partial charge in [0.2, 0.25) is 5.91 Å². The van der Waals surface area contributed by atoms with Crippen LogP contribution >= 0.6 is 11.6 Å². The summed E-state index contributed by atoms with van der Waals surface area (Å²) in [5, 5.41) is 6.15. The quantitative estimate of drug-likeness (QED) is 0.128. The molecule has 5 aromatic rings. The smallest absolute Gasteiger partial charge is 0.258 e. The van der Waals surface area contributed by atoms with E-state index in [1.54, 1.807) is 42.5 Å². The highest BCUT2D eigenvalue weighted by atomic mass is 35.5. The fourth-order valence-corrected chi connectivity index (χ4v) is 5.36. The number of imide groups is 1. The van der Waals surface area contributed by atoms with Crippen LogP contribution in [0.25, 0.3) is 22.3 Å². The molecule has 0 spiro atoms. The highest BCUT2D eigenvalue weighted by Crippen LogP contribution is 2.39. The SMILES string of the molecule is CCCC(NCc1ccccc1F)C(=O)NC(=O)c1ccc(-c2ccccc2)cc1-c1ccc(Cl)cc1Oc1cccc(CN)c1. The number of carbonyl (C=O) groups excluding carboxylic acids is 2. The molecule has 5 aromatic carbocycles. The highest BCUT2D eigenvalue weighted by molar-refractivity contribution is 6.30. The van der Waals surface area contributed by atoms with E-state index >= 15 is 0 Å². The molecule has 1 unspecified atom stereocenters. The number of carbonyl (C=O) groups is 2. The number of rotatable bonds is 12. The molecule has 0 aliphatic rings. The number of ether oxygens (including phenoxy) is 1. The van der Waals surface area contributed by atoms with Crippen LogP contribution in [0.4, 0.5) is 4.39 Å². The van der Waals surface area contributed by atoms with Crippen LogP contribution in [0.1, 0.15) is 41.3 Å². The lowest BCUT2D eigenvalue weighted by atomic mass is 9.93. The van der Waals surface area contributed by atoms with Crippen molar-refractivity contribution in [1.29, 1.82) is 0 Å². The number of hydrogen-bond acceptors (Lipinski definition) is 5. The number of benzene rings is 5. The Morgan fingerprint density at radius 3 is 2.39 bits per heavy atom. The van der Waals surface area contributed by atoms with Crippen molar-refractivity contribution in [2.24, 2.45) is 5.73 Å². The number of halogens is 2. The Bertz CT molecular complexity index is 1830. The third kappa shape index (κ3) is 8.06. The molecule has 5 rings (SSSR count). The maximum atomic E-state index is 14.2. The molecular weight excluding hydrogens is 601 g/mol. The average Bonchev–Trinajstić information content (AvgIpc) is 3.07. The lowest BCUT2D eigenvalue weighted by Crippen LogP contribution is -2.46. The lowest BCUT2D eigenvalue weighted by Gasteiger charge is -2.19. The summed E-state index contributed by atoms with van der Waals surface area (Å²) in [4.78, 5) is 27.3. The predicted octanol–water partition coefficient (Wildman–Crippen LogP) is 8.28. The van der Waals surface area contributed by atoms with E-state index in [1.165, 1.54) is 6.07 Å². The van der Waals surface area contributed by atoms with Crippen LogP contribution in [0.2, 0.25) is 5.02 Å². The molecule has 46 heavy (non-hydrogen) atoms. The maximum absolute atomic E-state index is 14.2. The molecule has 234 valence electrons. The minimum atomic E-state index is -0.704. The Balaban J connectivity index is 1.50. The monoisotopic (exact) mass is 635 g/mol. The third-order valence-corrected chi connectivity index (χ3v) is 7.83. The molecule has 6 nitrogen and oxygen atoms in total. The van der Waals surface area contributed by atoms with Gasteiger partial charge in [0.25, 0.3) is 5.91 Å². The summed E-state index contributed by atoms with van der Waals surface area (Å²) in [5.74, 6) is -0.426. The fraction of sp³-hybridized carbons (Fsp3) is 0.158. The summed E-state index contributed by atoms with van der Waals surface area (Å²) >= 11 is 6.42.